The highest BCUT2D eigenvalue weighted by atomic mass is 79.9. The van der Waals surface area contributed by atoms with E-state index in [-0.39, 0.29) is 12.2 Å². The highest BCUT2D eigenvalue weighted by Gasteiger charge is 2.29. The van der Waals surface area contributed by atoms with Crippen molar-refractivity contribution in [3.05, 3.63) is 111 Å². The number of nitrogens with one attached hydrogen (secondary N) is 2. The van der Waals surface area contributed by atoms with Gasteiger partial charge in [-0.25, -0.2) is 0 Å². The Balaban J connectivity index is 1.67. The Morgan fingerprint density at radius 2 is 1.29 bits per heavy atom. The van der Waals surface area contributed by atoms with Crippen molar-refractivity contribution < 1.29 is 0 Å². The van der Waals surface area contributed by atoms with Crippen LogP contribution in [0.1, 0.15) is 28.9 Å². The molecule has 0 aromatic heterocycles. The lowest BCUT2D eigenvalue weighted by Gasteiger charge is -2.36. The second-order valence-electron chi connectivity index (χ2n) is 7.03. The van der Waals surface area contributed by atoms with Gasteiger partial charge in [-0.05, 0) is 52.2 Å². The van der Waals surface area contributed by atoms with Gasteiger partial charge in [-0.3, -0.25) is 5.32 Å². The maximum Gasteiger partial charge on any atom is 0.104 e. The molecule has 0 saturated carbocycles. The molecule has 2 nitrogen and oxygen atoms in total. The molecular formula is C24H18Br2N2. The minimum absolute atomic E-state index is 0.0374. The fourth-order valence-corrected chi connectivity index (χ4v) is 4.46. The first kappa shape index (κ1) is 17.9. The monoisotopic (exact) mass is 492 g/mol. The zero-order chi connectivity index (χ0) is 19.1. The average molecular weight is 494 g/mol. The molecule has 0 aliphatic carbocycles. The second-order valence-corrected chi connectivity index (χ2v) is 8.86. The standard InChI is InChI=1S/C24H18Br2N2/c25-18-10-5-16(6-11-18)23-22-20-4-2-1-3-15(20)9-14-21(22)27-24(28-23)17-7-12-19(26)13-8-17/h1-14,23-24,27-28H. The predicted molar refractivity (Wildman–Crippen MR) is 124 cm³/mol. The van der Waals surface area contributed by atoms with E-state index in [1.807, 2.05) is 0 Å². The van der Waals surface area contributed by atoms with Crippen LogP contribution in [0.25, 0.3) is 10.8 Å². The van der Waals surface area contributed by atoms with Gasteiger partial charge in [0.25, 0.3) is 0 Å². The van der Waals surface area contributed by atoms with Crippen molar-refractivity contribution in [2.45, 2.75) is 12.2 Å². The Morgan fingerprint density at radius 3 is 2.00 bits per heavy atom. The highest BCUT2D eigenvalue weighted by Crippen LogP contribution is 2.41. The first-order valence-electron chi connectivity index (χ1n) is 9.24. The molecule has 0 spiro atoms. The van der Waals surface area contributed by atoms with Crippen molar-refractivity contribution in [2.75, 3.05) is 5.32 Å². The third-order valence-corrected chi connectivity index (χ3v) is 6.36. The van der Waals surface area contributed by atoms with Gasteiger partial charge in [-0.15, -0.1) is 0 Å². The van der Waals surface area contributed by atoms with Crippen LogP contribution in [0, 0.1) is 0 Å². The molecule has 1 aliphatic rings. The summed E-state index contributed by atoms with van der Waals surface area (Å²) in [5, 5.41) is 10.1. The zero-order valence-electron chi connectivity index (χ0n) is 15.0. The lowest BCUT2D eigenvalue weighted by atomic mass is 9.89. The average Bonchev–Trinajstić information content (AvgIpc) is 2.74. The van der Waals surface area contributed by atoms with E-state index in [4.69, 9.17) is 0 Å². The van der Waals surface area contributed by atoms with E-state index in [0.717, 1.165) is 8.95 Å². The van der Waals surface area contributed by atoms with Gasteiger partial charge in [0.05, 0.1) is 6.04 Å². The summed E-state index contributed by atoms with van der Waals surface area (Å²) in [6.45, 7) is 0. The summed E-state index contributed by atoms with van der Waals surface area (Å²) in [5.41, 5.74) is 4.95. The fourth-order valence-electron chi connectivity index (χ4n) is 3.93. The normalized spacial score (nSPS) is 18.5. The third-order valence-electron chi connectivity index (χ3n) is 5.30. The van der Waals surface area contributed by atoms with E-state index >= 15 is 0 Å². The topological polar surface area (TPSA) is 24.1 Å². The summed E-state index contributed by atoms with van der Waals surface area (Å²) < 4.78 is 2.18. The van der Waals surface area contributed by atoms with Crippen LogP contribution < -0.4 is 10.6 Å². The SMILES string of the molecule is Brc1ccc(C2Nc3ccc4ccccc4c3C(c3ccc(Br)cc3)N2)cc1. The van der Waals surface area contributed by atoms with Crippen LogP contribution in [0.15, 0.2) is 93.9 Å². The molecule has 0 amide bonds. The molecule has 0 bridgehead atoms. The van der Waals surface area contributed by atoms with E-state index in [1.54, 1.807) is 0 Å². The van der Waals surface area contributed by atoms with Gasteiger partial charge in [-0.2, -0.15) is 0 Å². The van der Waals surface area contributed by atoms with Crippen molar-refractivity contribution >= 4 is 48.3 Å². The van der Waals surface area contributed by atoms with Gasteiger partial charge in [0, 0.05) is 20.2 Å². The largest absolute Gasteiger partial charge is 0.366 e. The summed E-state index contributed by atoms with van der Waals surface area (Å²) >= 11 is 7.09. The molecule has 28 heavy (non-hydrogen) atoms. The highest BCUT2D eigenvalue weighted by molar-refractivity contribution is 9.10. The molecule has 1 heterocycles. The predicted octanol–water partition coefficient (Wildman–Crippen LogP) is 7.17. The van der Waals surface area contributed by atoms with Crippen LogP contribution in [-0.2, 0) is 0 Å². The molecule has 5 rings (SSSR count). The van der Waals surface area contributed by atoms with E-state index in [0.29, 0.717) is 0 Å². The summed E-state index contributed by atoms with van der Waals surface area (Å²) in [7, 11) is 0. The van der Waals surface area contributed by atoms with E-state index in [9.17, 15) is 0 Å². The Bertz CT molecular complexity index is 1140. The maximum atomic E-state index is 3.83. The number of rotatable bonds is 2. The molecule has 2 atom stereocenters. The molecule has 138 valence electrons. The molecule has 4 aromatic rings. The van der Waals surface area contributed by atoms with Crippen molar-refractivity contribution in [1.29, 1.82) is 0 Å². The molecule has 1 aliphatic heterocycles. The minimum Gasteiger partial charge on any atom is -0.366 e. The van der Waals surface area contributed by atoms with Crippen LogP contribution in [0.5, 0.6) is 0 Å². The second kappa shape index (κ2) is 7.36. The van der Waals surface area contributed by atoms with Gasteiger partial charge < -0.3 is 5.32 Å². The number of hydrogen-bond acceptors (Lipinski definition) is 2. The van der Waals surface area contributed by atoms with E-state index in [1.165, 1.54) is 33.2 Å². The Kier molecular flexibility index (Phi) is 4.71. The quantitative estimate of drug-likeness (QED) is 0.309. The summed E-state index contributed by atoms with van der Waals surface area (Å²) in [6.07, 6.45) is 0.0374. The molecule has 0 radical (unpaired) electrons. The molecule has 0 fully saturated rings. The smallest absolute Gasteiger partial charge is 0.104 e. The summed E-state index contributed by atoms with van der Waals surface area (Å²) in [5.74, 6) is 0. The Hall–Kier alpha value is -2.14. The van der Waals surface area contributed by atoms with Crippen LogP contribution in [0.2, 0.25) is 0 Å². The summed E-state index contributed by atoms with van der Waals surface area (Å²) in [4.78, 5) is 0. The first-order chi connectivity index (χ1) is 13.7. The van der Waals surface area contributed by atoms with Gasteiger partial charge >= 0.3 is 0 Å². The van der Waals surface area contributed by atoms with Crippen LogP contribution in [0.4, 0.5) is 5.69 Å². The maximum absolute atomic E-state index is 3.83. The van der Waals surface area contributed by atoms with Gasteiger partial charge in [0.15, 0.2) is 0 Å². The first-order valence-corrected chi connectivity index (χ1v) is 10.8. The number of benzene rings is 4. The molecular weight excluding hydrogens is 476 g/mol. The van der Waals surface area contributed by atoms with Crippen molar-refractivity contribution in [2.24, 2.45) is 0 Å². The van der Waals surface area contributed by atoms with Crippen molar-refractivity contribution in [3.8, 4) is 0 Å². The van der Waals surface area contributed by atoms with Gasteiger partial charge in [-0.1, -0.05) is 86.5 Å². The van der Waals surface area contributed by atoms with Crippen molar-refractivity contribution in [1.82, 2.24) is 5.32 Å². The van der Waals surface area contributed by atoms with Crippen LogP contribution in [-0.4, -0.2) is 0 Å². The summed E-state index contributed by atoms with van der Waals surface area (Å²) in [6, 6.07) is 30.2. The molecule has 4 aromatic carbocycles. The molecule has 0 saturated heterocycles. The van der Waals surface area contributed by atoms with Crippen LogP contribution >= 0.6 is 31.9 Å². The fraction of sp³-hybridized carbons (Fsp3) is 0.0833. The number of halogens is 2. The van der Waals surface area contributed by atoms with Gasteiger partial charge in [0.1, 0.15) is 6.17 Å². The number of hydrogen-bond donors (Lipinski definition) is 2. The van der Waals surface area contributed by atoms with Gasteiger partial charge in [0.2, 0.25) is 0 Å². The number of anilines is 1. The lowest BCUT2D eigenvalue weighted by Crippen LogP contribution is -2.37. The molecule has 2 unspecified atom stereocenters. The van der Waals surface area contributed by atoms with E-state index in [2.05, 4.69) is 127 Å². The minimum atomic E-state index is 0.0374. The third kappa shape index (κ3) is 3.26. The molecule has 2 N–H and O–H groups in total. The van der Waals surface area contributed by atoms with Crippen LogP contribution in [0.3, 0.4) is 0 Å². The number of fused-ring (bicyclic) bond motifs is 3. The molecule has 4 heteroatoms. The van der Waals surface area contributed by atoms with E-state index < -0.39 is 0 Å². The zero-order valence-corrected chi connectivity index (χ0v) is 18.2. The lowest BCUT2D eigenvalue weighted by molar-refractivity contribution is 0.509. The Morgan fingerprint density at radius 1 is 0.643 bits per heavy atom. The van der Waals surface area contributed by atoms with Crippen molar-refractivity contribution in [3.63, 3.8) is 0 Å². The Labute approximate surface area is 181 Å².